The molecule has 2 aromatic rings. The van der Waals surface area contributed by atoms with Crippen molar-refractivity contribution in [1.29, 1.82) is 0 Å². The summed E-state index contributed by atoms with van der Waals surface area (Å²) in [6.07, 6.45) is 0. The number of ketones is 1. The first-order chi connectivity index (χ1) is 8.56. The van der Waals surface area contributed by atoms with E-state index < -0.39 is 0 Å². The van der Waals surface area contributed by atoms with Crippen molar-refractivity contribution in [2.45, 2.75) is 6.92 Å². The predicted molar refractivity (Wildman–Crippen MR) is 73.0 cm³/mol. The highest BCUT2D eigenvalue weighted by molar-refractivity contribution is 6.32. The Morgan fingerprint density at radius 2 is 1.72 bits per heavy atom. The largest absolute Gasteiger partial charge is 0.456 e. The molecule has 0 unspecified atom stereocenters. The van der Waals surface area contributed by atoms with Gasteiger partial charge in [-0.25, -0.2) is 0 Å². The average molecular weight is 281 g/mol. The van der Waals surface area contributed by atoms with E-state index >= 15 is 0 Å². The molecule has 2 nitrogen and oxygen atoms in total. The van der Waals surface area contributed by atoms with Gasteiger partial charge in [-0.2, -0.15) is 0 Å². The Bertz CT molecular complexity index is 577. The number of ether oxygens (including phenoxy) is 1. The van der Waals surface area contributed by atoms with Gasteiger partial charge in [-0.15, -0.1) is 0 Å². The molecule has 0 saturated heterocycles. The molecule has 0 radical (unpaired) electrons. The van der Waals surface area contributed by atoms with E-state index in [-0.39, 0.29) is 5.78 Å². The van der Waals surface area contributed by atoms with E-state index in [9.17, 15) is 4.79 Å². The SMILES string of the molecule is CC(=O)c1ccc(Oc2ccc(Cl)cc2)c(Cl)c1. The number of Topliss-reactive ketones (excluding diaryl/α,β-unsaturated/α-hetero) is 1. The first kappa shape index (κ1) is 12.9. The van der Waals surface area contributed by atoms with Crippen LogP contribution in [-0.2, 0) is 0 Å². The van der Waals surface area contributed by atoms with E-state index in [1.165, 1.54) is 6.92 Å². The molecule has 0 spiro atoms. The van der Waals surface area contributed by atoms with Crippen molar-refractivity contribution in [2.75, 3.05) is 0 Å². The van der Waals surface area contributed by atoms with Crippen molar-refractivity contribution in [3.05, 3.63) is 58.1 Å². The molecule has 18 heavy (non-hydrogen) atoms. The minimum Gasteiger partial charge on any atom is -0.456 e. The van der Waals surface area contributed by atoms with Crippen molar-refractivity contribution in [3.8, 4) is 11.5 Å². The van der Waals surface area contributed by atoms with Crippen LogP contribution >= 0.6 is 23.2 Å². The van der Waals surface area contributed by atoms with Crippen LogP contribution in [0.3, 0.4) is 0 Å². The van der Waals surface area contributed by atoms with Crippen LogP contribution in [-0.4, -0.2) is 5.78 Å². The number of rotatable bonds is 3. The molecule has 0 N–H and O–H groups in total. The van der Waals surface area contributed by atoms with Crippen molar-refractivity contribution in [1.82, 2.24) is 0 Å². The van der Waals surface area contributed by atoms with Crippen LogP contribution in [0.4, 0.5) is 0 Å². The number of carbonyl (C=O) groups excluding carboxylic acids is 1. The van der Waals surface area contributed by atoms with Crippen LogP contribution in [0.2, 0.25) is 10.0 Å². The van der Waals surface area contributed by atoms with Gasteiger partial charge in [0.05, 0.1) is 5.02 Å². The molecular weight excluding hydrogens is 271 g/mol. The molecule has 0 aliphatic heterocycles. The van der Waals surface area contributed by atoms with E-state index in [1.807, 2.05) is 0 Å². The van der Waals surface area contributed by atoms with Crippen LogP contribution in [0.25, 0.3) is 0 Å². The van der Waals surface area contributed by atoms with Crippen molar-refractivity contribution in [3.63, 3.8) is 0 Å². The normalized spacial score (nSPS) is 10.2. The fraction of sp³-hybridized carbons (Fsp3) is 0.0714. The highest BCUT2D eigenvalue weighted by Gasteiger charge is 2.07. The fourth-order valence-electron chi connectivity index (χ4n) is 1.43. The van der Waals surface area contributed by atoms with Crippen molar-refractivity contribution < 1.29 is 9.53 Å². The summed E-state index contributed by atoms with van der Waals surface area (Å²) < 4.78 is 5.60. The van der Waals surface area contributed by atoms with Crippen molar-refractivity contribution in [2.24, 2.45) is 0 Å². The molecule has 0 bridgehead atoms. The molecule has 0 aliphatic rings. The minimum atomic E-state index is -0.0325. The lowest BCUT2D eigenvalue weighted by molar-refractivity contribution is 0.101. The fourth-order valence-corrected chi connectivity index (χ4v) is 1.78. The Kier molecular flexibility index (Phi) is 3.90. The number of hydrogen-bond donors (Lipinski definition) is 0. The number of carbonyl (C=O) groups is 1. The van der Waals surface area contributed by atoms with Gasteiger partial charge in [0.15, 0.2) is 5.78 Å². The molecule has 2 rings (SSSR count). The monoisotopic (exact) mass is 280 g/mol. The van der Waals surface area contributed by atoms with Gasteiger partial charge in [0, 0.05) is 10.6 Å². The van der Waals surface area contributed by atoms with E-state index in [0.717, 1.165) is 0 Å². The summed E-state index contributed by atoms with van der Waals surface area (Å²) in [4.78, 5) is 11.2. The lowest BCUT2D eigenvalue weighted by Gasteiger charge is -2.08. The summed E-state index contributed by atoms with van der Waals surface area (Å²) in [6.45, 7) is 1.49. The molecule has 0 heterocycles. The number of halogens is 2. The lowest BCUT2D eigenvalue weighted by Crippen LogP contribution is -1.92. The third-order valence-corrected chi connectivity index (χ3v) is 2.93. The van der Waals surface area contributed by atoms with E-state index in [0.29, 0.717) is 27.1 Å². The minimum absolute atomic E-state index is 0.0325. The summed E-state index contributed by atoms with van der Waals surface area (Å²) in [5, 5.41) is 1.04. The Morgan fingerprint density at radius 3 is 2.28 bits per heavy atom. The zero-order valence-electron chi connectivity index (χ0n) is 9.61. The third kappa shape index (κ3) is 3.03. The highest BCUT2D eigenvalue weighted by Crippen LogP contribution is 2.30. The van der Waals surface area contributed by atoms with Crippen LogP contribution in [0.5, 0.6) is 11.5 Å². The standard InChI is InChI=1S/C14H10Cl2O2/c1-9(17)10-2-7-14(13(16)8-10)18-12-5-3-11(15)4-6-12/h2-8H,1H3. The van der Waals surface area contributed by atoms with Gasteiger partial charge in [-0.3, -0.25) is 4.79 Å². The Balaban J connectivity index is 2.24. The molecular formula is C14H10Cl2O2. The number of hydrogen-bond acceptors (Lipinski definition) is 2. The van der Waals surface area contributed by atoms with Crippen LogP contribution in [0.1, 0.15) is 17.3 Å². The quantitative estimate of drug-likeness (QED) is 0.741. The first-order valence-electron chi connectivity index (χ1n) is 5.30. The Labute approximate surface area is 115 Å². The summed E-state index contributed by atoms with van der Waals surface area (Å²) in [5.74, 6) is 1.11. The zero-order valence-corrected chi connectivity index (χ0v) is 11.1. The van der Waals surface area contributed by atoms with E-state index in [4.69, 9.17) is 27.9 Å². The maximum atomic E-state index is 11.2. The smallest absolute Gasteiger partial charge is 0.159 e. The van der Waals surface area contributed by atoms with Crippen LogP contribution < -0.4 is 4.74 Å². The molecule has 0 saturated carbocycles. The molecule has 92 valence electrons. The van der Waals surface area contributed by atoms with Gasteiger partial charge in [-0.05, 0) is 49.4 Å². The highest BCUT2D eigenvalue weighted by atomic mass is 35.5. The maximum absolute atomic E-state index is 11.2. The van der Waals surface area contributed by atoms with Gasteiger partial charge in [0.1, 0.15) is 11.5 Å². The Hall–Kier alpha value is -1.51. The third-order valence-electron chi connectivity index (χ3n) is 2.38. The van der Waals surface area contributed by atoms with Gasteiger partial charge in [-0.1, -0.05) is 23.2 Å². The second kappa shape index (κ2) is 5.42. The summed E-state index contributed by atoms with van der Waals surface area (Å²) in [6, 6.07) is 11.9. The lowest BCUT2D eigenvalue weighted by atomic mass is 10.1. The second-order valence-corrected chi connectivity index (χ2v) is 4.60. The summed E-state index contributed by atoms with van der Waals surface area (Å²) >= 11 is 11.8. The molecule has 0 atom stereocenters. The van der Waals surface area contributed by atoms with Gasteiger partial charge in [0.2, 0.25) is 0 Å². The van der Waals surface area contributed by atoms with Gasteiger partial charge in [0.25, 0.3) is 0 Å². The first-order valence-corrected chi connectivity index (χ1v) is 6.06. The second-order valence-electron chi connectivity index (χ2n) is 3.76. The Morgan fingerprint density at radius 1 is 1.06 bits per heavy atom. The zero-order chi connectivity index (χ0) is 13.1. The molecule has 0 amide bonds. The topological polar surface area (TPSA) is 26.3 Å². The molecule has 0 aromatic heterocycles. The molecule has 0 aliphatic carbocycles. The maximum Gasteiger partial charge on any atom is 0.159 e. The summed E-state index contributed by atoms with van der Waals surface area (Å²) in [7, 11) is 0. The van der Waals surface area contributed by atoms with Crippen LogP contribution in [0, 0.1) is 0 Å². The molecule has 4 heteroatoms. The predicted octanol–water partition coefficient (Wildman–Crippen LogP) is 4.99. The average Bonchev–Trinajstić information content (AvgIpc) is 2.34. The van der Waals surface area contributed by atoms with Crippen molar-refractivity contribution >= 4 is 29.0 Å². The molecule has 0 fully saturated rings. The van der Waals surface area contributed by atoms with Gasteiger partial charge < -0.3 is 4.74 Å². The van der Waals surface area contributed by atoms with Crippen LogP contribution in [0.15, 0.2) is 42.5 Å². The van der Waals surface area contributed by atoms with Gasteiger partial charge >= 0.3 is 0 Å². The van der Waals surface area contributed by atoms with E-state index in [2.05, 4.69) is 0 Å². The number of benzene rings is 2. The summed E-state index contributed by atoms with van der Waals surface area (Å²) in [5.41, 5.74) is 0.559. The molecule has 2 aromatic carbocycles. The van der Waals surface area contributed by atoms with E-state index in [1.54, 1.807) is 42.5 Å².